The van der Waals surface area contributed by atoms with Crippen molar-refractivity contribution in [3.63, 3.8) is 0 Å². The first-order valence-corrected chi connectivity index (χ1v) is 7.19. The monoisotopic (exact) mass is 426 g/mol. The van der Waals surface area contributed by atoms with Crippen LogP contribution in [0.2, 0.25) is 0 Å². The maximum atomic E-state index is 5.87. The summed E-state index contributed by atoms with van der Waals surface area (Å²) in [5.74, 6) is 0.949. The van der Waals surface area contributed by atoms with Gasteiger partial charge in [-0.1, -0.05) is 24.3 Å². The van der Waals surface area contributed by atoms with E-state index in [1.54, 1.807) is 0 Å². The minimum Gasteiger partial charge on any atom is -0.472 e. The van der Waals surface area contributed by atoms with Gasteiger partial charge in [0.1, 0.15) is 5.60 Å². The third-order valence-corrected chi connectivity index (χ3v) is 2.65. The van der Waals surface area contributed by atoms with Crippen LogP contribution in [0.25, 0.3) is 0 Å². The van der Waals surface area contributed by atoms with Crippen molar-refractivity contribution in [1.82, 2.24) is 4.98 Å². The van der Waals surface area contributed by atoms with E-state index in [0.717, 1.165) is 11.4 Å². The number of anilines is 1. The van der Waals surface area contributed by atoms with Crippen molar-refractivity contribution in [1.29, 1.82) is 0 Å². The van der Waals surface area contributed by atoms with Crippen LogP contribution in [-0.2, 0) is 6.54 Å². The molecule has 5 nitrogen and oxygen atoms in total. The van der Waals surface area contributed by atoms with Crippen LogP contribution in [0.1, 0.15) is 26.5 Å². The fraction of sp³-hybridized carbons (Fsp3) is 0.294. The van der Waals surface area contributed by atoms with Gasteiger partial charge in [0.25, 0.3) is 0 Å². The molecule has 0 amide bonds. The summed E-state index contributed by atoms with van der Waals surface area (Å²) in [7, 11) is 0. The van der Waals surface area contributed by atoms with Crippen LogP contribution in [0.15, 0.2) is 53.5 Å². The molecule has 0 saturated carbocycles. The largest absolute Gasteiger partial charge is 0.472 e. The number of rotatable bonds is 4. The predicted molar refractivity (Wildman–Crippen MR) is 105 cm³/mol. The number of guanidine groups is 1. The number of ether oxygens (including phenoxy) is 1. The summed E-state index contributed by atoms with van der Waals surface area (Å²) in [6.45, 7) is 6.36. The van der Waals surface area contributed by atoms with Crippen LogP contribution in [0.4, 0.5) is 5.69 Å². The molecule has 1 aromatic carbocycles. The third kappa shape index (κ3) is 7.32. The van der Waals surface area contributed by atoms with E-state index in [1.807, 2.05) is 69.3 Å². The second kappa shape index (κ2) is 8.71. The Balaban J connectivity index is 0.00000264. The zero-order valence-corrected chi connectivity index (χ0v) is 15.9. The van der Waals surface area contributed by atoms with Crippen molar-refractivity contribution in [2.24, 2.45) is 10.7 Å². The van der Waals surface area contributed by atoms with Crippen LogP contribution in [0, 0.1) is 0 Å². The van der Waals surface area contributed by atoms with E-state index in [0.29, 0.717) is 18.4 Å². The lowest BCUT2D eigenvalue weighted by molar-refractivity contribution is 0.124. The van der Waals surface area contributed by atoms with Crippen LogP contribution in [0.5, 0.6) is 5.88 Å². The van der Waals surface area contributed by atoms with E-state index < -0.39 is 0 Å². The maximum Gasteiger partial charge on any atom is 0.214 e. The number of nitrogens with zero attached hydrogens (tertiary/aromatic N) is 2. The van der Waals surface area contributed by atoms with Crippen molar-refractivity contribution in [3.05, 3.63) is 54.2 Å². The number of nitrogens with two attached hydrogens (primary N) is 1. The molecule has 0 bridgehead atoms. The summed E-state index contributed by atoms with van der Waals surface area (Å²) in [6.07, 6.45) is 0. The maximum absolute atomic E-state index is 5.87. The van der Waals surface area contributed by atoms with Gasteiger partial charge in [-0.05, 0) is 39.0 Å². The Labute approximate surface area is 154 Å². The molecule has 2 rings (SSSR count). The molecule has 0 aliphatic carbocycles. The fourth-order valence-corrected chi connectivity index (χ4v) is 1.79. The Kier molecular flexibility index (Phi) is 7.28. The number of hydrogen-bond acceptors (Lipinski definition) is 3. The molecule has 3 N–H and O–H groups in total. The molecular formula is C17H23IN4O. The SMILES string of the molecule is CC(C)(C)Oc1cccc(CN=C(N)Nc2ccccc2)n1.I. The number of hydrogen-bond donors (Lipinski definition) is 2. The Bertz CT molecular complexity index is 639. The van der Waals surface area contributed by atoms with Crippen LogP contribution >= 0.6 is 24.0 Å². The summed E-state index contributed by atoms with van der Waals surface area (Å²) >= 11 is 0. The number of aliphatic imine (C=N–C) groups is 1. The second-order valence-corrected chi connectivity index (χ2v) is 5.87. The van der Waals surface area contributed by atoms with Gasteiger partial charge in [-0.2, -0.15) is 0 Å². The molecule has 0 saturated heterocycles. The van der Waals surface area contributed by atoms with E-state index in [2.05, 4.69) is 15.3 Å². The molecule has 23 heavy (non-hydrogen) atoms. The van der Waals surface area contributed by atoms with E-state index in [1.165, 1.54) is 0 Å². The minimum absolute atomic E-state index is 0. The van der Waals surface area contributed by atoms with Gasteiger partial charge in [-0.15, -0.1) is 24.0 Å². The number of nitrogens with one attached hydrogen (secondary N) is 1. The van der Waals surface area contributed by atoms with Crippen molar-refractivity contribution in [2.45, 2.75) is 32.9 Å². The molecule has 6 heteroatoms. The average molecular weight is 426 g/mol. The summed E-state index contributed by atoms with van der Waals surface area (Å²) in [5.41, 5.74) is 7.31. The molecule has 1 aromatic heterocycles. The zero-order chi connectivity index (χ0) is 16.0. The smallest absolute Gasteiger partial charge is 0.214 e. The highest BCUT2D eigenvalue weighted by molar-refractivity contribution is 14.0. The fourth-order valence-electron chi connectivity index (χ4n) is 1.79. The quantitative estimate of drug-likeness (QED) is 0.443. The van der Waals surface area contributed by atoms with Crippen LogP contribution in [-0.4, -0.2) is 16.5 Å². The zero-order valence-electron chi connectivity index (χ0n) is 13.6. The highest BCUT2D eigenvalue weighted by Gasteiger charge is 2.12. The standard InChI is InChI=1S/C17H22N4O.HI/c1-17(2,3)22-15-11-7-10-14(20-15)12-19-16(18)21-13-8-5-4-6-9-13;/h4-11H,12H2,1-3H3,(H3,18,19,21);1H. The molecule has 0 aliphatic rings. The van der Waals surface area contributed by atoms with Crippen molar-refractivity contribution in [2.75, 3.05) is 5.32 Å². The first-order valence-electron chi connectivity index (χ1n) is 7.19. The first-order chi connectivity index (χ1) is 10.4. The number of para-hydroxylation sites is 1. The van der Waals surface area contributed by atoms with Gasteiger partial charge in [-0.25, -0.2) is 9.98 Å². The van der Waals surface area contributed by atoms with E-state index in [-0.39, 0.29) is 29.6 Å². The molecule has 0 spiro atoms. The molecule has 2 aromatic rings. The second-order valence-electron chi connectivity index (χ2n) is 5.87. The highest BCUT2D eigenvalue weighted by atomic mass is 127. The van der Waals surface area contributed by atoms with Crippen LogP contribution < -0.4 is 15.8 Å². The van der Waals surface area contributed by atoms with Gasteiger partial charge < -0.3 is 15.8 Å². The molecule has 1 heterocycles. The summed E-state index contributed by atoms with van der Waals surface area (Å²) in [5, 5.41) is 3.03. The van der Waals surface area contributed by atoms with E-state index in [9.17, 15) is 0 Å². The van der Waals surface area contributed by atoms with Gasteiger partial charge in [0.05, 0.1) is 12.2 Å². The average Bonchev–Trinajstić information content (AvgIpc) is 2.45. The Hall–Kier alpha value is -1.83. The lowest BCUT2D eigenvalue weighted by Gasteiger charge is -2.20. The predicted octanol–water partition coefficient (Wildman–Crippen LogP) is 3.80. The lowest BCUT2D eigenvalue weighted by atomic mass is 10.2. The normalized spacial score (nSPS) is 11.5. The molecule has 0 unspecified atom stereocenters. The van der Waals surface area contributed by atoms with Gasteiger partial charge >= 0.3 is 0 Å². The number of benzene rings is 1. The Morgan fingerprint density at radius 1 is 1.13 bits per heavy atom. The topological polar surface area (TPSA) is 72.5 Å². The number of pyridine rings is 1. The minimum atomic E-state index is -0.275. The molecule has 0 radical (unpaired) electrons. The Morgan fingerprint density at radius 2 is 1.83 bits per heavy atom. The first kappa shape index (κ1) is 19.2. The van der Waals surface area contributed by atoms with Crippen molar-refractivity contribution in [3.8, 4) is 5.88 Å². The summed E-state index contributed by atoms with van der Waals surface area (Å²) < 4.78 is 5.74. The van der Waals surface area contributed by atoms with Gasteiger partial charge in [0.15, 0.2) is 5.96 Å². The molecule has 0 aliphatic heterocycles. The van der Waals surface area contributed by atoms with E-state index in [4.69, 9.17) is 10.5 Å². The third-order valence-electron chi connectivity index (χ3n) is 2.65. The lowest BCUT2D eigenvalue weighted by Crippen LogP contribution is -2.24. The van der Waals surface area contributed by atoms with Gasteiger partial charge in [0, 0.05) is 11.8 Å². The number of halogens is 1. The van der Waals surface area contributed by atoms with E-state index >= 15 is 0 Å². The Morgan fingerprint density at radius 3 is 2.48 bits per heavy atom. The molecule has 0 fully saturated rings. The summed E-state index contributed by atoms with van der Waals surface area (Å²) in [4.78, 5) is 8.72. The summed E-state index contributed by atoms with van der Waals surface area (Å²) in [6, 6.07) is 15.3. The molecular weight excluding hydrogens is 403 g/mol. The van der Waals surface area contributed by atoms with Gasteiger partial charge in [-0.3, -0.25) is 0 Å². The number of aromatic nitrogens is 1. The van der Waals surface area contributed by atoms with Gasteiger partial charge in [0.2, 0.25) is 5.88 Å². The highest BCUT2D eigenvalue weighted by Crippen LogP contribution is 2.15. The van der Waals surface area contributed by atoms with Crippen molar-refractivity contribution < 1.29 is 4.74 Å². The van der Waals surface area contributed by atoms with Crippen LogP contribution in [0.3, 0.4) is 0 Å². The molecule has 124 valence electrons. The molecule has 0 atom stereocenters. The van der Waals surface area contributed by atoms with Crippen molar-refractivity contribution >= 4 is 35.6 Å².